The van der Waals surface area contributed by atoms with Gasteiger partial charge < -0.3 is 9.73 Å². The summed E-state index contributed by atoms with van der Waals surface area (Å²) in [6.45, 7) is 4.55. The van der Waals surface area contributed by atoms with Crippen molar-refractivity contribution in [3.8, 4) is 21.9 Å². The molecule has 0 bridgehead atoms. The fourth-order valence-electron chi connectivity index (χ4n) is 3.23. The second-order valence-electron chi connectivity index (χ2n) is 7.01. The average Bonchev–Trinajstić information content (AvgIpc) is 3.45. The van der Waals surface area contributed by atoms with Gasteiger partial charge in [0.2, 0.25) is 4.96 Å². The first-order chi connectivity index (χ1) is 14.6. The summed E-state index contributed by atoms with van der Waals surface area (Å²) in [7, 11) is 0. The molecule has 3 aromatic heterocycles. The molecule has 6 nitrogen and oxygen atoms in total. The number of anilines is 1. The Kier molecular flexibility index (Phi) is 4.77. The van der Waals surface area contributed by atoms with Crippen molar-refractivity contribution in [2.24, 2.45) is 0 Å². The summed E-state index contributed by atoms with van der Waals surface area (Å²) in [5.41, 5.74) is 4.19. The van der Waals surface area contributed by atoms with Crippen LogP contribution >= 0.6 is 22.9 Å². The average molecular weight is 436 g/mol. The van der Waals surface area contributed by atoms with Gasteiger partial charge in [0.1, 0.15) is 16.5 Å². The zero-order valence-corrected chi connectivity index (χ0v) is 18.0. The highest BCUT2D eigenvalue weighted by Gasteiger charge is 2.12. The smallest absolute Gasteiger partial charge is 0.234 e. The predicted molar refractivity (Wildman–Crippen MR) is 120 cm³/mol. The van der Waals surface area contributed by atoms with E-state index in [2.05, 4.69) is 45.7 Å². The summed E-state index contributed by atoms with van der Waals surface area (Å²) >= 11 is 7.61. The predicted octanol–water partition coefficient (Wildman–Crippen LogP) is 6.00. The van der Waals surface area contributed by atoms with E-state index in [1.54, 1.807) is 4.52 Å². The molecule has 0 atom stereocenters. The maximum absolute atomic E-state index is 6.09. The highest BCUT2D eigenvalue weighted by Crippen LogP contribution is 2.30. The van der Waals surface area contributed by atoms with Crippen LogP contribution in [-0.2, 0) is 6.54 Å². The number of halogens is 1. The molecule has 0 saturated heterocycles. The number of fused-ring (bicyclic) bond motifs is 1. The third kappa shape index (κ3) is 3.58. The van der Waals surface area contributed by atoms with Crippen molar-refractivity contribution in [1.29, 1.82) is 0 Å². The molecule has 8 heteroatoms. The molecule has 0 aliphatic heterocycles. The van der Waals surface area contributed by atoms with E-state index in [9.17, 15) is 0 Å². The van der Waals surface area contributed by atoms with Gasteiger partial charge in [-0.3, -0.25) is 0 Å². The number of nitrogens with one attached hydrogen (secondary N) is 1. The summed E-state index contributed by atoms with van der Waals surface area (Å²) < 4.78 is 7.76. The molecule has 1 N–H and O–H groups in total. The van der Waals surface area contributed by atoms with Crippen molar-refractivity contribution < 1.29 is 4.42 Å². The summed E-state index contributed by atoms with van der Waals surface area (Å²) in [5, 5.41) is 17.9. The van der Waals surface area contributed by atoms with Crippen LogP contribution in [0.1, 0.15) is 17.1 Å². The lowest BCUT2D eigenvalue weighted by atomic mass is 10.1. The highest BCUT2D eigenvalue weighted by molar-refractivity contribution is 7.19. The number of furan rings is 1. The maximum Gasteiger partial charge on any atom is 0.234 e. The third-order valence-corrected chi connectivity index (χ3v) is 6.04. The van der Waals surface area contributed by atoms with Crippen LogP contribution in [0.3, 0.4) is 0 Å². The SMILES string of the molecule is Cc1ccc(-c2nn3c(C)nnc3s2)cc1NCc1ccc(-c2cccc(Cl)c2)o1. The van der Waals surface area contributed by atoms with E-state index in [1.165, 1.54) is 11.3 Å². The molecule has 0 aliphatic rings. The van der Waals surface area contributed by atoms with Crippen LogP contribution in [0.15, 0.2) is 59.0 Å². The van der Waals surface area contributed by atoms with Gasteiger partial charge in [0.05, 0.1) is 6.54 Å². The van der Waals surface area contributed by atoms with Gasteiger partial charge in [-0.05, 0) is 49.7 Å². The largest absolute Gasteiger partial charge is 0.459 e. The molecule has 0 fully saturated rings. The van der Waals surface area contributed by atoms with E-state index in [0.717, 1.165) is 49.7 Å². The van der Waals surface area contributed by atoms with Crippen molar-refractivity contribution in [2.75, 3.05) is 5.32 Å². The standard InChI is InChI=1S/C22H18ClN5OS/c1-13-6-7-16(21-27-28-14(2)25-26-22(28)30-21)11-19(13)24-12-18-8-9-20(29-18)15-4-3-5-17(23)10-15/h3-11,24H,12H2,1-2H3. The number of aromatic nitrogens is 4. The highest BCUT2D eigenvalue weighted by atomic mass is 35.5. The first-order valence-corrected chi connectivity index (χ1v) is 10.6. The van der Waals surface area contributed by atoms with Gasteiger partial charge in [-0.25, -0.2) is 0 Å². The Morgan fingerprint density at radius 1 is 1.03 bits per heavy atom. The molecule has 0 saturated carbocycles. The number of benzene rings is 2. The van der Waals surface area contributed by atoms with Gasteiger partial charge in [0, 0.05) is 21.8 Å². The minimum Gasteiger partial charge on any atom is -0.459 e. The Labute approximate surface area is 182 Å². The van der Waals surface area contributed by atoms with Crippen molar-refractivity contribution >= 4 is 33.6 Å². The Balaban J connectivity index is 1.36. The molecular weight excluding hydrogens is 418 g/mol. The van der Waals surface area contributed by atoms with Gasteiger partial charge in [-0.15, -0.1) is 10.2 Å². The third-order valence-electron chi connectivity index (χ3n) is 4.86. The number of hydrogen-bond donors (Lipinski definition) is 1. The topological polar surface area (TPSA) is 68.2 Å². The van der Waals surface area contributed by atoms with Crippen LogP contribution in [0, 0.1) is 13.8 Å². The molecule has 0 unspecified atom stereocenters. The van der Waals surface area contributed by atoms with E-state index < -0.39 is 0 Å². The first kappa shape index (κ1) is 18.8. The fraction of sp³-hybridized carbons (Fsp3) is 0.136. The molecule has 0 aliphatic carbocycles. The second-order valence-corrected chi connectivity index (χ2v) is 8.40. The Hall–Kier alpha value is -3.16. The fourth-order valence-corrected chi connectivity index (χ4v) is 4.30. The molecule has 30 heavy (non-hydrogen) atoms. The number of hydrogen-bond acceptors (Lipinski definition) is 6. The normalized spacial score (nSPS) is 11.3. The van der Waals surface area contributed by atoms with Gasteiger partial charge in [0.25, 0.3) is 0 Å². The second kappa shape index (κ2) is 7.59. The van der Waals surface area contributed by atoms with Crippen molar-refractivity contribution in [1.82, 2.24) is 19.8 Å². The molecule has 3 heterocycles. The lowest BCUT2D eigenvalue weighted by molar-refractivity contribution is 0.531. The maximum atomic E-state index is 6.09. The van der Waals surface area contributed by atoms with Crippen LogP contribution in [-0.4, -0.2) is 19.8 Å². The molecule has 150 valence electrons. The van der Waals surface area contributed by atoms with E-state index in [1.807, 2.05) is 43.3 Å². The van der Waals surface area contributed by atoms with Crippen LogP contribution in [0.5, 0.6) is 0 Å². The minimum absolute atomic E-state index is 0.578. The number of rotatable bonds is 5. The van der Waals surface area contributed by atoms with Crippen LogP contribution in [0.4, 0.5) is 5.69 Å². The number of nitrogens with zero attached hydrogens (tertiary/aromatic N) is 4. The van der Waals surface area contributed by atoms with Crippen LogP contribution < -0.4 is 5.32 Å². The summed E-state index contributed by atoms with van der Waals surface area (Å²) in [4.78, 5) is 0.793. The molecule has 0 amide bonds. The molecule has 0 radical (unpaired) electrons. The lowest BCUT2D eigenvalue weighted by Crippen LogP contribution is -2.00. The first-order valence-electron chi connectivity index (χ1n) is 9.45. The van der Waals surface area contributed by atoms with Crippen molar-refractivity contribution in [3.05, 3.63) is 76.8 Å². The van der Waals surface area contributed by atoms with E-state index in [4.69, 9.17) is 16.0 Å². The lowest BCUT2D eigenvalue weighted by Gasteiger charge is -2.10. The quantitative estimate of drug-likeness (QED) is 0.367. The Morgan fingerprint density at radius 2 is 1.93 bits per heavy atom. The van der Waals surface area contributed by atoms with E-state index in [-0.39, 0.29) is 0 Å². The molecular formula is C22H18ClN5OS. The van der Waals surface area contributed by atoms with E-state index in [0.29, 0.717) is 11.6 Å². The zero-order valence-electron chi connectivity index (χ0n) is 16.4. The van der Waals surface area contributed by atoms with Crippen molar-refractivity contribution in [3.63, 3.8) is 0 Å². The Bertz CT molecular complexity index is 1350. The summed E-state index contributed by atoms with van der Waals surface area (Å²) in [5.74, 6) is 2.44. The minimum atomic E-state index is 0.578. The van der Waals surface area contributed by atoms with Crippen molar-refractivity contribution in [2.45, 2.75) is 20.4 Å². The van der Waals surface area contributed by atoms with E-state index >= 15 is 0 Å². The molecule has 2 aromatic carbocycles. The number of aryl methyl sites for hydroxylation is 2. The molecule has 0 spiro atoms. The zero-order chi connectivity index (χ0) is 20.7. The summed E-state index contributed by atoms with van der Waals surface area (Å²) in [6.07, 6.45) is 0. The van der Waals surface area contributed by atoms with Crippen LogP contribution in [0.25, 0.3) is 26.9 Å². The molecule has 5 rings (SSSR count). The van der Waals surface area contributed by atoms with Gasteiger partial charge in [0.15, 0.2) is 5.82 Å². The molecule has 5 aromatic rings. The van der Waals surface area contributed by atoms with Crippen LogP contribution in [0.2, 0.25) is 5.02 Å². The Morgan fingerprint density at radius 3 is 2.77 bits per heavy atom. The van der Waals surface area contributed by atoms with Gasteiger partial charge in [-0.2, -0.15) is 9.61 Å². The monoisotopic (exact) mass is 435 g/mol. The van der Waals surface area contributed by atoms with Gasteiger partial charge in [-0.1, -0.05) is 47.2 Å². The summed E-state index contributed by atoms with van der Waals surface area (Å²) in [6, 6.07) is 17.9. The van der Waals surface area contributed by atoms with Gasteiger partial charge >= 0.3 is 0 Å².